The van der Waals surface area contributed by atoms with Gasteiger partial charge in [0.15, 0.2) is 5.82 Å². The summed E-state index contributed by atoms with van der Waals surface area (Å²) >= 11 is 0. The average molecular weight is 449 g/mol. The van der Waals surface area contributed by atoms with Crippen LogP contribution in [-0.2, 0) is 12.7 Å². The van der Waals surface area contributed by atoms with Crippen molar-refractivity contribution in [3.05, 3.63) is 99.6 Å². The lowest BCUT2D eigenvalue weighted by atomic mass is 10.1. The van der Waals surface area contributed by atoms with Gasteiger partial charge in [-0.3, -0.25) is 4.79 Å². The number of nitrogens with one attached hydrogen (secondary N) is 1. The quantitative estimate of drug-likeness (QED) is 0.434. The molecule has 0 amide bonds. The van der Waals surface area contributed by atoms with Gasteiger partial charge in [0.2, 0.25) is 0 Å². The van der Waals surface area contributed by atoms with Crippen molar-refractivity contribution in [3.63, 3.8) is 0 Å². The zero-order valence-electron chi connectivity index (χ0n) is 16.1. The summed E-state index contributed by atoms with van der Waals surface area (Å²) in [6, 6.07) is 10.5. The highest BCUT2D eigenvalue weighted by atomic mass is 19.4. The molecular weight excluding hydrogens is 436 g/mol. The highest BCUT2D eigenvalue weighted by Crippen LogP contribution is 2.31. The lowest BCUT2D eigenvalue weighted by Crippen LogP contribution is -2.31. The van der Waals surface area contributed by atoms with Crippen LogP contribution in [0.1, 0.15) is 11.1 Å². The number of fused-ring (bicyclic) bond motifs is 1. The Morgan fingerprint density at radius 2 is 1.66 bits per heavy atom. The Morgan fingerprint density at radius 1 is 0.906 bits per heavy atom. The van der Waals surface area contributed by atoms with Crippen molar-refractivity contribution < 1.29 is 26.3 Å². The fourth-order valence-electron chi connectivity index (χ4n) is 3.16. The molecule has 0 spiro atoms. The van der Waals surface area contributed by atoms with Crippen molar-refractivity contribution in [2.24, 2.45) is 0 Å². The molecule has 0 atom stereocenters. The van der Waals surface area contributed by atoms with Gasteiger partial charge in [-0.15, -0.1) is 0 Å². The normalized spacial score (nSPS) is 11.7. The molecule has 0 aliphatic rings. The van der Waals surface area contributed by atoms with Gasteiger partial charge in [-0.25, -0.2) is 22.8 Å². The van der Waals surface area contributed by atoms with E-state index in [1.807, 2.05) is 0 Å². The second-order valence-electron chi connectivity index (χ2n) is 6.86. The van der Waals surface area contributed by atoms with Gasteiger partial charge < -0.3 is 5.43 Å². The van der Waals surface area contributed by atoms with Crippen LogP contribution in [0.5, 0.6) is 0 Å². The molecule has 164 valence electrons. The van der Waals surface area contributed by atoms with Gasteiger partial charge in [-0.05, 0) is 36.4 Å². The number of halogens is 6. The van der Waals surface area contributed by atoms with E-state index in [1.165, 1.54) is 18.2 Å². The Kier molecular flexibility index (Phi) is 5.37. The van der Waals surface area contributed by atoms with E-state index in [1.54, 1.807) is 0 Å². The maximum Gasteiger partial charge on any atom is 0.416 e. The Morgan fingerprint density at radius 3 is 2.34 bits per heavy atom. The van der Waals surface area contributed by atoms with Crippen molar-refractivity contribution in [2.75, 3.05) is 5.43 Å². The lowest BCUT2D eigenvalue weighted by Gasteiger charge is -2.17. The number of benzene rings is 3. The molecule has 0 bridgehead atoms. The summed E-state index contributed by atoms with van der Waals surface area (Å²) in [7, 11) is 0. The zero-order chi connectivity index (χ0) is 23.0. The van der Waals surface area contributed by atoms with Gasteiger partial charge in [-0.1, -0.05) is 18.2 Å². The molecule has 0 saturated heterocycles. The predicted octanol–water partition coefficient (Wildman–Crippen LogP) is 5.24. The van der Waals surface area contributed by atoms with Gasteiger partial charge >= 0.3 is 6.18 Å². The highest BCUT2D eigenvalue weighted by Gasteiger charge is 2.31. The van der Waals surface area contributed by atoms with Crippen molar-refractivity contribution in [2.45, 2.75) is 12.7 Å². The summed E-state index contributed by atoms with van der Waals surface area (Å²) in [6.45, 7) is -0.304. The monoisotopic (exact) mass is 449 g/mol. The molecule has 1 heterocycles. The summed E-state index contributed by atoms with van der Waals surface area (Å²) < 4.78 is 81.8. The van der Waals surface area contributed by atoms with Gasteiger partial charge in [0.1, 0.15) is 17.5 Å². The topological polar surface area (TPSA) is 46.9 Å². The molecule has 10 heteroatoms. The summed E-state index contributed by atoms with van der Waals surface area (Å²) in [5, 5.41) is -0.162. The third-order valence-electron chi connectivity index (χ3n) is 4.75. The lowest BCUT2D eigenvalue weighted by molar-refractivity contribution is -0.137. The third-order valence-corrected chi connectivity index (χ3v) is 4.75. The van der Waals surface area contributed by atoms with E-state index in [2.05, 4.69) is 10.4 Å². The van der Waals surface area contributed by atoms with Crippen molar-refractivity contribution in [1.29, 1.82) is 0 Å². The SMILES string of the molecule is O=c1c2ccc(C(F)(F)F)cc2nc(-c2ccccc2F)n1NCc1ccc(F)cc1F. The first-order valence-corrected chi connectivity index (χ1v) is 9.22. The smallest absolute Gasteiger partial charge is 0.317 e. The van der Waals surface area contributed by atoms with E-state index in [0.29, 0.717) is 12.1 Å². The number of aromatic nitrogens is 2. The summed E-state index contributed by atoms with van der Waals surface area (Å²) in [6.07, 6.45) is -4.67. The van der Waals surface area contributed by atoms with Crippen LogP contribution in [0.2, 0.25) is 0 Å². The maximum atomic E-state index is 14.5. The van der Waals surface area contributed by atoms with Crippen molar-refractivity contribution >= 4 is 10.9 Å². The first-order chi connectivity index (χ1) is 15.1. The molecule has 4 aromatic rings. The predicted molar refractivity (Wildman–Crippen MR) is 106 cm³/mol. The van der Waals surface area contributed by atoms with Crippen LogP contribution in [0.15, 0.2) is 65.5 Å². The average Bonchev–Trinajstić information content (AvgIpc) is 2.73. The number of alkyl halides is 3. The first kappa shape index (κ1) is 21.4. The molecule has 0 saturated carbocycles. The number of hydrogen-bond donors (Lipinski definition) is 1. The van der Waals surface area contributed by atoms with Gasteiger partial charge in [0, 0.05) is 11.6 Å². The minimum Gasteiger partial charge on any atom is -0.317 e. The molecule has 3 aromatic carbocycles. The molecular formula is C22H13F6N3O. The van der Waals surface area contributed by atoms with Crippen LogP contribution in [0.4, 0.5) is 26.3 Å². The van der Waals surface area contributed by atoms with E-state index in [0.717, 1.165) is 35.0 Å². The Hall–Kier alpha value is -3.82. The van der Waals surface area contributed by atoms with E-state index < -0.39 is 34.8 Å². The molecule has 4 rings (SSSR count). The van der Waals surface area contributed by atoms with Crippen LogP contribution in [0, 0.1) is 17.5 Å². The van der Waals surface area contributed by atoms with E-state index >= 15 is 0 Å². The molecule has 1 N–H and O–H groups in total. The summed E-state index contributed by atoms with van der Waals surface area (Å²) in [5.41, 5.74) is 0.343. The standard InChI is InChI=1S/C22H13F6N3O/c23-14-7-5-12(18(25)10-14)11-29-31-20(15-3-1-2-4-17(15)24)30-19-9-13(22(26,27)28)6-8-16(19)21(31)32/h1-10,29H,11H2. The van der Waals surface area contributed by atoms with Gasteiger partial charge in [-0.2, -0.15) is 13.2 Å². The minimum absolute atomic E-state index is 0.00491. The van der Waals surface area contributed by atoms with Crippen molar-refractivity contribution in [3.8, 4) is 11.4 Å². The molecule has 0 radical (unpaired) electrons. The molecule has 4 nitrogen and oxygen atoms in total. The highest BCUT2D eigenvalue weighted by molar-refractivity contribution is 5.80. The largest absolute Gasteiger partial charge is 0.416 e. The Bertz CT molecular complexity index is 1380. The van der Waals surface area contributed by atoms with E-state index in [9.17, 15) is 31.1 Å². The van der Waals surface area contributed by atoms with E-state index in [-0.39, 0.29) is 34.4 Å². The minimum atomic E-state index is -4.67. The Labute approximate surface area is 176 Å². The van der Waals surface area contributed by atoms with Crippen molar-refractivity contribution in [1.82, 2.24) is 9.66 Å². The fraction of sp³-hybridized carbons (Fsp3) is 0.0909. The zero-order valence-corrected chi connectivity index (χ0v) is 16.1. The fourth-order valence-corrected chi connectivity index (χ4v) is 3.16. The van der Waals surface area contributed by atoms with E-state index in [4.69, 9.17) is 0 Å². The molecule has 0 unspecified atom stereocenters. The molecule has 1 aromatic heterocycles. The molecule has 0 aliphatic carbocycles. The first-order valence-electron chi connectivity index (χ1n) is 9.22. The summed E-state index contributed by atoms with van der Waals surface area (Å²) in [5.74, 6) is -2.73. The second kappa shape index (κ2) is 8.03. The van der Waals surface area contributed by atoms with Gasteiger partial charge in [0.05, 0.1) is 28.6 Å². The number of rotatable bonds is 4. The number of hydrogen-bond acceptors (Lipinski definition) is 3. The van der Waals surface area contributed by atoms with Crippen LogP contribution < -0.4 is 11.0 Å². The Balaban J connectivity index is 1.89. The molecule has 0 aliphatic heterocycles. The van der Waals surface area contributed by atoms with Crippen LogP contribution in [0.3, 0.4) is 0 Å². The second-order valence-corrected chi connectivity index (χ2v) is 6.86. The molecule has 0 fully saturated rings. The number of nitrogens with zero attached hydrogens (tertiary/aromatic N) is 2. The van der Waals surface area contributed by atoms with Gasteiger partial charge in [0.25, 0.3) is 5.56 Å². The maximum absolute atomic E-state index is 14.5. The molecule has 32 heavy (non-hydrogen) atoms. The third kappa shape index (κ3) is 4.03. The van der Waals surface area contributed by atoms with Crippen LogP contribution in [0.25, 0.3) is 22.3 Å². The summed E-state index contributed by atoms with van der Waals surface area (Å²) in [4.78, 5) is 17.2. The van der Waals surface area contributed by atoms with Crippen LogP contribution >= 0.6 is 0 Å². The van der Waals surface area contributed by atoms with Crippen LogP contribution in [-0.4, -0.2) is 9.66 Å².